The summed E-state index contributed by atoms with van der Waals surface area (Å²) in [6.45, 7) is 4.20. The van der Waals surface area contributed by atoms with Gasteiger partial charge in [0.25, 0.3) is 5.91 Å². The molecule has 1 heterocycles. The Kier molecular flexibility index (Phi) is 5.68. The molecule has 148 valence electrons. The van der Waals surface area contributed by atoms with Crippen LogP contribution >= 0.6 is 0 Å². The number of likely N-dealkylation sites (tertiary alicyclic amines) is 1. The van der Waals surface area contributed by atoms with E-state index in [0.717, 1.165) is 18.4 Å². The molecular formula is C22H24FNO4. The van der Waals surface area contributed by atoms with E-state index in [0.29, 0.717) is 24.4 Å². The molecule has 2 aromatic carbocycles. The first-order valence-electron chi connectivity index (χ1n) is 9.33. The number of carboxylic acids is 1. The molecule has 0 radical (unpaired) electrons. The molecule has 0 saturated carbocycles. The monoisotopic (exact) mass is 385 g/mol. The lowest BCUT2D eigenvalue weighted by Gasteiger charge is -2.32. The third kappa shape index (κ3) is 4.50. The quantitative estimate of drug-likeness (QED) is 0.842. The maximum atomic E-state index is 13.4. The van der Waals surface area contributed by atoms with Gasteiger partial charge >= 0.3 is 5.97 Å². The number of amides is 1. The third-order valence-electron chi connectivity index (χ3n) is 5.07. The molecule has 0 bridgehead atoms. The number of piperidine rings is 1. The van der Waals surface area contributed by atoms with Crippen molar-refractivity contribution in [2.75, 3.05) is 13.1 Å². The molecule has 6 heteroatoms. The predicted molar refractivity (Wildman–Crippen MR) is 103 cm³/mol. The molecule has 5 nitrogen and oxygen atoms in total. The molecule has 1 amide bonds. The van der Waals surface area contributed by atoms with E-state index in [1.165, 1.54) is 26.0 Å². The van der Waals surface area contributed by atoms with Gasteiger partial charge in [-0.15, -0.1) is 0 Å². The summed E-state index contributed by atoms with van der Waals surface area (Å²) in [5.74, 6) is -0.821. The number of nitrogens with zero attached hydrogens (tertiary/aromatic N) is 1. The fourth-order valence-corrected chi connectivity index (χ4v) is 3.39. The van der Waals surface area contributed by atoms with Crippen LogP contribution in [0.15, 0.2) is 48.5 Å². The Morgan fingerprint density at radius 3 is 2.43 bits per heavy atom. The second kappa shape index (κ2) is 8.00. The summed E-state index contributed by atoms with van der Waals surface area (Å²) >= 11 is 0. The Bertz CT molecular complexity index is 872. The average molecular weight is 385 g/mol. The summed E-state index contributed by atoms with van der Waals surface area (Å²) in [4.78, 5) is 25.6. The van der Waals surface area contributed by atoms with Gasteiger partial charge in [-0.1, -0.05) is 18.2 Å². The highest BCUT2D eigenvalue weighted by Crippen LogP contribution is 2.31. The standard InChI is InChI=1S/C22H24FNO4/c1-22(2,21(26)27)28-19-8-4-5-16(14-19)15-9-11-24(12-10-15)20(25)17-6-3-7-18(23)13-17/h3-8,13-15H,9-12H2,1-2H3,(H,26,27). The molecule has 1 aliphatic rings. The smallest absolute Gasteiger partial charge is 0.347 e. The zero-order valence-corrected chi connectivity index (χ0v) is 16.0. The molecule has 0 unspecified atom stereocenters. The normalized spacial score (nSPS) is 15.3. The summed E-state index contributed by atoms with van der Waals surface area (Å²) in [7, 11) is 0. The van der Waals surface area contributed by atoms with Gasteiger partial charge in [-0.05, 0) is 68.5 Å². The largest absolute Gasteiger partial charge is 0.478 e. The average Bonchev–Trinajstić information content (AvgIpc) is 2.67. The number of ether oxygens (including phenoxy) is 1. The number of carbonyl (C=O) groups is 2. The molecule has 1 fully saturated rings. The molecule has 0 aromatic heterocycles. The molecule has 0 atom stereocenters. The van der Waals surface area contributed by atoms with E-state index in [2.05, 4.69) is 0 Å². The summed E-state index contributed by atoms with van der Waals surface area (Å²) in [6.07, 6.45) is 1.57. The maximum absolute atomic E-state index is 13.4. The minimum atomic E-state index is -1.31. The Morgan fingerprint density at radius 2 is 1.79 bits per heavy atom. The second-order valence-corrected chi connectivity index (χ2v) is 7.57. The van der Waals surface area contributed by atoms with Gasteiger partial charge in [-0.3, -0.25) is 4.79 Å². The molecule has 0 aliphatic carbocycles. The van der Waals surface area contributed by atoms with Gasteiger partial charge in [0, 0.05) is 18.7 Å². The molecular weight excluding hydrogens is 361 g/mol. The van der Waals surface area contributed by atoms with E-state index in [1.807, 2.05) is 18.2 Å². The van der Waals surface area contributed by atoms with Crippen molar-refractivity contribution in [3.63, 3.8) is 0 Å². The first-order chi connectivity index (χ1) is 13.3. The van der Waals surface area contributed by atoms with Crippen LogP contribution in [0, 0.1) is 5.82 Å². The summed E-state index contributed by atoms with van der Waals surface area (Å²) in [5.41, 5.74) is 0.126. The first kappa shape index (κ1) is 19.9. The van der Waals surface area contributed by atoms with E-state index in [9.17, 15) is 19.1 Å². The van der Waals surface area contributed by atoms with E-state index in [-0.39, 0.29) is 11.8 Å². The van der Waals surface area contributed by atoms with Crippen molar-refractivity contribution in [3.8, 4) is 5.75 Å². The Hall–Kier alpha value is -2.89. The molecule has 1 aliphatic heterocycles. The van der Waals surface area contributed by atoms with E-state index in [4.69, 9.17) is 4.74 Å². The Morgan fingerprint density at radius 1 is 1.11 bits per heavy atom. The van der Waals surface area contributed by atoms with Gasteiger partial charge in [0.1, 0.15) is 11.6 Å². The minimum absolute atomic E-state index is 0.154. The number of carbonyl (C=O) groups excluding carboxylic acids is 1. The molecule has 3 rings (SSSR count). The van der Waals surface area contributed by atoms with Crippen LogP contribution < -0.4 is 4.74 Å². The lowest BCUT2D eigenvalue weighted by molar-refractivity contribution is -0.152. The minimum Gasteiger partial charge on any atom is -0.478 e. The molecule has 1 saturated heterocycles. The Labute approximate surface area is 163 Å². The van der Waals surface area contributed by atoms with Crippen LogP contribution in [0.3, 0.4) is 0 Å². The number of halogens is 1. The summed E-state index contributed by atoms with van der Waals surface area (Å²) < 4.78 is 19.0. The lowest BCUT2D eigenvalue weighted by Crippen LogP contribution is -2.38. The highest BCUT2D eigenvalue weighted by Gasteiger charge is 2.30. The van der Waals surface area contributed by atoms with Crippen molar-refractivity contribution in [2.45, 2.75) is 38.2 Å². The zero-order chi connectivity index (χ0) is 20.3. The molecule has 0 spiro atoms. The van der Waals surface area contributed by atoms with Gasteiger partial charge in [0.2, 0.25) is 0 Å². The topological polar surface area (TPSA) is 66.8 Å². The van der Waals surface area contributed by atoms with Crippen LogP contribution in [0.2, 0.25) is 0 Å². The van der Waals surface area contributed by atoms with E-state index < -0.39 is 17.4 Å². The fourth-order valence-electron chi connectivity index (χ4n) is 3.39. The lowest BCUT2D eigenvalue weighted by atomic mass is 9.89. The number of hydrogen-bond acceptors (Lipinski definition) is 3. The van der Waals surface area contributed by atoms with Crippen molar-refractivity contribution in [1.29, 1.82) is 0 Å². The zero-order valence-electron chi connectivity index (χ0n) is 16.0. The van der Waals surface area contributed by atoms with E-state index >= 15 is 0 Å². The van der Waals surface area contributed by atoms with Gasteiger partial charge in [0.05, 0.1) is 0 Å². The van der Waals surface area contributed by atoms with Crippen LogP contribution in [0.1, 0.15) is 48.5 Å². The van der Waals surface area contributed by atoms with Crippen molar-refractivity contribution in [1.82, 2.24) is 4.90 Å². The van der Waals surface area contributed by atoms with Gasteiger partial charge in [0.15, 0.2) is 5.60 Å². The first-order valence-corrected chi connectivity index (χ1v) is 9.33. The van der Waals surface area contributed by atoms with Crippen molar-refractivity contribution >= 4 is 11.9 Å². The van der Waals surface area contributed by atoms with Crippen molar-refractivity contribution in [2.24, 2.45) is 0 Å². The van der Waals surface area contributed by atoms with Crippen molar-refractivity contribution in [3.05, 3.63) is 65.5 Å². The molecule has 1 N–H and O–H groups in total. The second-order valence-electron chi connectivity index (χ2n) is 7.57. The van der Waals surface area contributed by atoms with Crippen LogP contribution in [-0.4, -0.2) is 40.6 Å². The van der Waals surface area contributed by atoms with Crippen LogP contribution in [0.25, 0.3) is 0 Å². The van der Waals surface area contributed by atoms with Crippen molar-refractivity contribution < 1.29 is 23.8 Å². The number of carboxylic acid groups (broad SMARTS) is 1. The van der Waals surface area contributed by atoms with Crippen LogP contribution in [0.4, 0.5) is 4.39 Å². The van der Waals surface area contributed by atoms with Gasteiger partial charge in [-0.25, -0.2) is 9.18 Å². The number of rotatable bonds is 5. The van der Waals surface area contributed by atoms with Crippen LogP contribution in [0.5, 0.6) is 5.75 Å². The maximum Gasteiger partial charge on any atom is 0.347 e. The number of benzene rings is 2. The fraction of sp³-hybridized carbons (Fsp3) is 0.364. The Balaban J connectivity index is 1.64. The molecule has 2 aromatic rings. The number of aliphatic carboxylic acids is 1. The molecule has 28 heavy (non-hydrogen) atoms. The highest BCUT2D eigenvalue weighted by molar-refractivity contribution is 5.94. The van der Waals surface area contributed by atoms with Crippen LogP contribution in [-0.2, 0) is 4.79 Å². The van der Waals surface area contributed by atoms with E-state index in [1.54, 1.807) is 23.1 Å². The SMILES string of the molecule is CC(C)(Oc1cccc(C2CCN(C(=O)c3cccc(F)c3)CC2)c1)C(=O)O. The predicted octanol–water partition coefficient (Wildman–Crippen LogP) is 4.09. The van der Waals surface area contributed by atoms with Gasteiger partial charge < -0.3 is 14.7 Å². The van der Waals surface area contributed by atoms with Gasteiger partial charge in [-0.2, -0.15) is 0 Å². The number of hydrogen-bond donors (Lipinski definition) is 1. The highest BCUT2D eigenvalue weighted by atomic mass is 19.1. The third-order valence-corrected chi connectivity index (χ3v) is 5.07. The summed E-state index contributed by atoms with van der Waals surface area (Å²) in [5, 5.41) is 9.23. The summed E-state index contributed by atoms with van der Waals surface area (Å²) in [6, 6.07) is 13.2.